The Hall–Kier alpha value is -3.68. The average Bonchev–Trinajstić information content (AvgIpc) is 3.45. The maximum atomic E-state index is 12.6. The molecule has 2 amide bonds. The molecule has 0 bridgehead atoms. The number of primary amides is 1. The van der Waals surface area contributed by atoms with Crippen molar-refractivity contribution in [3.8, 4) is 11.4 Å². The van der Waals surface area contributed by atoms with Gasteiger partial charge in [0.1, 0.15) is 0 Å². The molecule has 1 aliphatic rings. The zero-order valence-corrected chi connectivity index (χ0v) is 17.4. The molecule has 8 heteroatoms. The maximum absolute atomic E-state index is 12.6. The van der Waals surface area contributed by atoms with Gasteiger partial charge in [0.25, 0.3) is 0 Å². The van der Waals surface area contributed by atoms with Gasteiger partial charge in [-0.05, 0) is 38.0 Å². The molecule has 0 radical (unpaired) electrons. The standard InChI is InChI=1S/C23H25N5O3/c1-15-4-6-16(7-5-15)23-26-21(31-27-23)11-10-20(29)25-18-14-17(22(24)30)8-9-19(18)28-12-2-3-13-28/h4-9,14H,2-3,10-13H2,1H3,(H2,24,30)(H,25,29). The number of hydrogen-bond donors (Lipinski definition) is 2. The third kappa shape index (κ3) is 4.91. The van der Waals surface area contributed by atoms with Gasteiger partial charge in [0.05, 0.1) is 11.4 Å². The Labute approximate surface area is 180 Å². The Balaban J connectivity index is 1.42. The number of carbonyl (C=O) groups excluding carboxylic acids is 2. The molecule has 1 aliphatic heterocycles. The lowest BCUT2D eigenvalue weighted by atomic mass is 10.1. The van der Waals surface area contributed by atoms with Crippen molar-refractivity contribution in [1.29, 1.82) is 0 Å². The highest BCUT2D eigenvalue weighted by atomic mass is 16.5. The summed E-state index contributed by atoms with van der Waals surface area (Å²) in [5, 5.41) is 6.92. The van der Waals surface area contributed by atoms with Gasteiger partial charge in [-0.1, -0.05) is 35.0 Å². The minimum atomic E-state index is -0.530. The van der Waals surface area contributed by atoms with Gasteiger partial charge in [-0.2, -0.15) is 4.98 Å². The lowest BCUT2D eigenvalue weighted by molar-refractivity contribution is -0.116. The van der Waals surface area contributed by atoms with Crippen LogP contribution in [-0.4, -0.2) is 35.0 Å². The molecule has 160 valence electrons. The predicted octanol–water partition coefficient (Wildman–Crippen LogP) is 3.32. The summed E-state index contributed by atoms with van der Waals surface area (Å²) in [6.07, 6.45) is 2.70. The van der Waals surface area contributed by atoms with Gasteiger partial charge in [0.15, 0.2) is 0 Å². The first kappa shape index (κ1) is 20.6. The van der Waals surface area contributed by atoms with Crippen molar-refractivity contribution in [1.82, 2.24) is 10.1 Å². The second kappa shape index (κ2) is 8.99. The topological polar surface area (TPSA) is 114 Å². The molecule has 1 fully saturated rings. The molecule has 3 aromatic rings. The van der Waals surface area contributed by atoms with Gasteiger partial charge in [-0.25, -0.2) is 0 Å². The van der Waals surface area contributed by atoms with E-state index in [1.54, 1.807) is 12.1 Å². The molecule has 0 saturated carbocycles. The van der Waals surface area contributed by atoms with Crippen LogP contribution in [0.1, 0.15) is 41.1 Å². The fourth-order valence-electron chi connectivity index (χ4n) is 3.63. The molecule has 0 atom stereocenters. The highest BCUT2D eigenvalue weighted by molar-refractivity contribution is 5.99. The molecule has 8 nitrogen and oxygen atoms in total. The number of nitrogens with one attached hydrogen (secondary N) is 1. The summed E-state index contributed by atoms with van der Waals surface area (Å²) in [7, 11) is 0. The van der Waals surface area contributed by atoms with Crippen LogP contribution in [0.3, 0.4) is 0 Å². The summed E-state index contributed by atoms with van der Waals surface area (Å²) < 4.78 is 5.29. The average molecular weight is 419 g/mol. The second-order valence-corrected chi connectivity index (χ2v) is 7.72. The highest BCUT2D eigenvalue weighted by Crippen LogP contribution is 2.30. The van der Waals surface area contributed by atoms with Gasteiger partial charge in [0.2, 0.25) is 23.5 Å². The molecule has 0 aliphatic carbocycles. The first-order chi connectivity index (χ1) is 15.0. The van der Waals surface area contributed by atoms with Crippen LogP contribution in [0.5, 0.6) is 0 Å². The molecule has 31 heavy (non-hydrogen) atoms. The number of aryl methyl sites for hydroxylation is 2. The van der Waals surface area contributed by atoms with E-state index < -0.39 is 5.91 Å². The quantitative estimate of drug-likeness (QED) is 0.607. The summed E-state index contributed by atoms with van der Waals surface area (Å²) in [6.45, 7) is 3.85. The van der Waals surface area contributed by atoms with Crippen molar-refractivity contribution in [2.75, 3.05) is 23.3 Å². The van der Waals surface area contributed by atoms with Crippen molar-refractivity contribution in [2.24, 2.45) is 5.73 Å². The first-order valence-electron chi connectivity index (χ1n) is 10.4. The van der Waals surface area contributed by atoms with Gasteiger partial charge in [-0.3, -0.25) is 9.59 Å². The van der Waals surface area contributed by atoms with Crippen LogP contribution in [0.4, 0.5) is 11.4 Å². The molecule has 0 unspecified atom stereocenters. The minimum Gasteiger partial charge on any atom is -0.370 e. The van der Waals surface area contributed by atoms with Crippen molar-refractivity contribution in [3.05, 3.63) is 59.5 Å². The Bertz CT molecular complexity index is 1080. The SMILES string of the molecule is Cc1ccc(-c2noc(CCC(=O)Nc3cc(C(N)=O)ccc3N3CCCC3)n2)cc1. The van der Waals surface area contributed by atoms with E-state index in [1.807, 2.05) is 37.3 Å². The first-order valence-corrected chi connectivity index (χ1v) is 10.4. The normalized spacial score (nSPS) is 13.4. The van der Waals surface area contributed by atoms with Crippen molar-refractivity contribution in [3.63, 3.8) is 0 Å². The van der Waals surface area contributed by atoms with E-state index in [2.05, 4.69) is 20.4 Å². The van der Waals surface area contributed by atoms with Crippen LogP contribution in [0.15, 0.2) is 47.0 Å². The van der Waals surface area contributed by atoms with E-state index in [0.29, 0.717) is 29.4 Å². The smallest absolute Gasteiger partial charge is 0.248 e. The summed E-state index contributed by atoms with van der Waals surface area (Å²) in [5.74, 6) is 0.174. The highest BCUT2D eigenvalue weighted by Gasteiger charge is 2.19. The zero-order valence-electron chi connectivity index (χ0n) is 17.4. The van der Waals surface area contributed by atoms with Crippen molar-refractivity contribution >= 4 is 23.2 Å². The molecule has 0 spiro atoms. The third-order valence-electron chi connectivity index (χ3n) is 5.35. The molecular weight excluding hydrogens is 394 g/mol. The van der Waals surface area contributed by atoms with Crippen LogP contribution in [0.2, 0.25) is 0 Å². The van der Waals surface area contributed by atoms with Crippen molar-refractivity contribution in [2.45, 2.75) is 32.6 Å². The molecule has 1 saturated heterocycles. The van der Waals surface area contributed by atoms with Crippen LogP contribution < -0.4 is 16.0 Å². The molecule has 2 aromatic carbocycles. The fraction of sp³-hybridized carbons (Fsp3) is 0.304. The van der Waals surface area contributed by atoms with E-state index in [-0.39, 0.29) is 12.3 Å². The zero-order chi connectivity index (χ0) is 21.8. The van der Waals surface area contributed by atoms with Crippen LogP contribution in [0, 0.1) is 6.92 Å². The molecule has 2 heterocycles. The molecular formula is C23H25N5O3. The Morgan fingerprint density at radius 2 is 1.87 bits per heavy atom. The lowest BCUT2D eigenvalue weighted by Crippen LogP contribution is -2.22. The Morgan fingerprint density at radius 3 is 2.58 bits per heavy atom. The van der Waals surface area contributed by atoms with Gasteiger partial charge < -0.3 is 20.5 Å². The van der Waals surface area contributed by atoms with Crippen LogP contribution >= 0.6 is 0 Å². The number of hydrogen-bond acceptors (Lipinski definition) is 6. The van der Waals surface area contributed by atoms with Crippen LogP contribution in [-0.2, 0) is 11.2 Å². The van der Waals surface area contributed by atoms with Crippen LogP contribution in [0.25, 0.3) is 11.4 Å². The van der Waals surface area contributed by atoms with Crippen molar-refractivity contribution < 1.29 is 14.1 Å². The second-order valence-electron chi connectivity index (χ2n) is 7.72. The molecule has 3 N–H and O–H groups in total. The van der Waals surface area contributed by atoms with E-state index in [9.17, 15) is 9.59 Å². The number of nitrogens with zero attached hydrogens (tertiary/aromatic N) is 3. The predicted molar refractivity (Wildman–Crippen MR) is 118 cm³/mol. The Kier molecular flexibility index (Phi) is 5.97. The monoisotopic (exact) mass is 419 g/mol. The van der Waals surface area contributed by atoms with E-state index in [1.165, 1.54) is 0 Å². The number of nitrogens with two attached hydrogens (primary N) is 1. The summed E-state index contributed by atoms with van der Waals surface area (Å²) in [5.41, 5.74) is 9.28. The maximum Gasteiger partial charge on any atom is 0.248 e. The number of anilines is 2. The van der Waals surface area contributed by atoms with E-state index in [4.69, 9.17) is 10.3 Å². The van der Waals surface area contributed by atoms with E-state index >= 15 is 0 Å². The van der Waals surface area contributed by atoms with E-state index in [0.717, 1.165) is 42.7 Å². The number of rotatable bonds is 7. The molecule has 1 aromatic heterocycles. The summed E-state index contributed by atoms with van der Waals surface area (Å²) >= 11 is 0. The van der Waals surface area contributed by atoms with Gasteiger partial charge >= 0.3 is 0 Å². The summed E-state index contributed by atoms with van der Waals surface area (Å²) in [6, 6.07) is 13.0. The summed E-state index contributed by atoms with van der Waals surface area (Å²) in [4.78, 5) is 30.8. The number of aromatic nitrogens is 2. The molecule has 4 rings (SSSR count). The Morgan fingerprint density at radius 1 is 1.13 bits per heavy atom. The fourth-order valence-corrected chi connectivity index (χ4v) is 3.63. The number of amides is 2. The van der Waals surface area contributed by atoms with Gasteiger partial charge in [0, 0.05) is 37.1 Å². The minimum absolute atomic E-state index is 0.176. The lowest BCUT2D eigenvalue weighted by Gasteiger charge is -2.22. The number of carbonyl (C=O) groups is 2. The number of benzene rings is 2. The third-order valence-corrected chi connectivity index (χ3v) is 5.35. The van der Waals surface area contributed by atoms with Gasteiger partial charge in [-0.15, -0.1) is 0 Å². The largest absolute Gasteiger partial charge is 0.370 e.